The second-order valence-electron chi connectivity index (χ2n) is 6.20. The Morgan fingerprint density at radius 3 is 2.67 bits per heavy atom. The van der Waals surface area contributed by atoms with Crippen LogP contribution in [0.25, 0.3) is 0 Å². The van der Waals surface area contributed by atoms with Gasteiger partial charge >= 0.3 is 0 Å². The molecule has 18 heavy (non-hydrogen) atoms. The molecule has 0 saturated heterocycles. The van der Waals surface area contributed by atoms with Crippen LogP contribution in [0.5, 0.6) is 0 Å². The summed E-state index contributed by atoms with van der Waals surface area (Å²) in [7, 11) is 0. The van der Waals surface area contributed by atoms with Gasteiger partial charge in [0.1, 0.15) is 0 Å². The molecule has 1 aliphatic carbocycles. The zero-order chi connectivity index (χ0) is 13.3. The fraction of sp³-hybridized carbons (Fsp3) is 0.643. The molecule has 0 spiro atoms. The number of hydrogen-bond acceptors (Lipinski definition) is 3. The highest BCUT2D eigenvalue weighted by Crippen LogP contribution is 2.33. The van der Waals surface area contributed by atoms with Gasteiger partial charge in [-0.1, -0.05) is 6.92 Å². The maximum Gasteiger partial charge on any atom is 0.169 e. The number of nitrogens with zero attached hydrogens (tertiary/aromatic N) is 1. The molecular weight excluding hydrogens is 229 g/mol. The van der Waals surface area contributed by atoms with Gasteiger partial charge in [0.25, 0.3) is 0 Å². The lowest BCUT2D eigenvalue weighted by Crippen LogP contribution is -2.35. The number of pyridine rings is 1. The predicted molar refractivity (Wildman–Crippen MR) is 72.0 cm³/mol. The molecule has 3 nitrogen and oxygen atoms in total. The fourth-order valence-corrected chi connectivity index (χ4v) is 1.78. The van der Waals surface area contributed by atoms with Crippen LogP contribution in [0.4, 0.5) is 10.2 Å². The Balaban J connectivity index is 2.04. The average Bonchev–Trinajstić information content (AvgIpc) is 2.94. The van der Waals surface area contributed by atoms with Crippen molar-refractivity contribution in [1.82, 2.24) is 10.3 Å². The van der Waals surface area contributed by atoms with E-state index in [1.54, 1.807) is 12.3 Å². The van der Waals surface area contributed by atoms with Crippen LogP contribution in [-0.2, 0) is 6.54 Å². The van der Waals surface area contributed by atoms with E-state index < -0.39 is 0 Å². The minimum Gasteiger partial charge on any atom is -0.365 e. The molecule has 1 saturated carbocycles. The molecular formula is C14H22FN3. The molecule has 4 heteroatoms. The van der Waals surface area contributed by atoms with E-state index in [0.29, 0.717) is 29.9 Å². The summed E-state index contributed by atoms with van der Waals surface area (Å²) in [5, 5.41) is 6.45. The van der Waals surface area contributed by atoms with E-state index in [1.807, 2.05) is 0 Å². The summed E-state index contributed by atoms with van der Waals surface area (Å²) in [4.78, 5) is 4.08. The highest BCUT2D eigenvalue weighted by atomic mass is 19.1. The first-order chi connectivity index (χ1) is 8.37. The quantitative estimate of drug-likeness (QED) is 0.864. The van der Waals surface area contributed by atoms with Crippen molar-refractivity contribution in [2.24, 2.45) is 5.92 Å². The first kappa shape index (κ1) is 13.3. The van der Waals surface area contributed by atoms with Gasteiger partial charge in [-0.2, -0.15) is 0 Å². The van der Waals surface area contributed by atoms with Crippen LogP contribution in [0, 0.1) is 11.7 Å². The van der Waals surface area contributed by atoms with E-state index in [-0.39, 0.29) is 11.4 Å². The van der Waals surface area contributed by atoms with E-state index in [4.69, 9.17) is 0 Å². The average molecular weight is 251 g/mol. The lowest BCUT2D eigenvalue weighted by atomic mass is 10.1. The maximum absolute atomic E-state index is 14.2. The van der Waals surface area contributed by atoms with Crippen LogP contribution < -0.4 is 10.6 Å². The molecule has 1 aromatic rings. The number of rotatable bonds is 4. The largest absolute Gasteiger partial charge is 0.365 e. The highest BCUT2D eigenvalue weighted by molar-refractivity contribution is 5.42. The molecule has 0 radical (unpaired) electrons. The summed E-state index contributed by atoms with van der Waals surface area (Å²) >= 11 is 0. The summed E-state index contributed by atoms with van der Waals surface area (Å²) in [6.45, 7) is 8.87. The Morgan fingerprint density at radius 1 is 1.44 bits per heavy atom. The van der Waals surface area contributed by atoms with Crippen molar-refractivity contribution in [1.29, 1.82) is 0 Å². The monoisotopic (exact) mass is 251 g/mol. The van der Waals surface area contributed by atoms with E-state index in [2.05, 4.69) is 43.3 Å². The van der Waals surface area contributed by atoms with Crippen molar-refractivity contribution in [2.75, 3.05) is 5.32 Å². The van der Waals surface area contributed by atoms with Gasteiger partial charge < -0.3 is 10.6 Å². The lowest BCUT2D eigenvalue weighted by Gasteiger charge is -2.21. The van der Waals surface area contributed by atoms with Crippen molar-refractivity contribution >= 4 is 5.82 Å². The third-order valence-corrected chi connectivity index (χ3v) is 3.21. The van der Waals surface area contributed by atoms with E-state index >= 15 is 0 Å². The molecule has 1 fully saturated rings. The molecule has 1 aromatic heterocycles. The van der Waals surface area contributed by atoms with Crippen molar-refractivity contribution in [2.45, 2.75) is 52.2 Å². The summed E-state index contributed by atoms with van der Waals surface area (Å²) in [5.74, 6) is 0.786. The van der Waals surface area contributed by atoms with Crippen molar-refractivity contribution < 1.29 is 4.39 Å². The SMILES string of the molecule is CC1CC1Nc1nccc(CNC(C)(C)C)c1F. The van der Waals surface area contributed by atoms with Gasteiger partial charge in [0.15, 0.2) is 11.6 Å². The highest BCUT2D eigenvalue weighted by Gasteiger charge is 2.33. The molecule has 1 heterocycles. The second-order valence-corrected chi connectivity index (χ2v) is 6.20. The third-order valence-electron chi connectivity index (χ3n) is 3.21. The van der Waals surface area contributed by atoms with Gasteiger partial charge in [-0.05, 0) is 39.2 Å². The Hall–Kier alpha value is -1.16. The predicted octanol–water partition coefficient (Wildman–Crippen LogP) is 2.93. The summed E-state index contributed by atoms with van der Waals surface area (Å²) in [6.07, 6.45) is 2.77. The van der Waals surface area contributed by atoms with Crippen LogP contribution >= 0.6 is 0 Å². The summed E-state index contributed by atoms with van der Waals surface area (Å²) < 4.78 is 14.2. The van der Waals surface area contributed by atoms with Gasteiger partial charge in [0, 0.05) is 29.9 Å². The van der Waals surface area contributed by atoms with E-state index in [1.165, 1.54) is 0 Å². The third kappa shape index (κ3) is 3.42. The van der Waals surface area contributed by atoms with Gasteiger partial charge in [-0.3, -0.25) is 0 Å². The zero-order valence-corrected chi connectivity index (χ0v) is 11.5. The van der Waals surface area contributed by atoms with Crippen LogP contribution in [0.15, 0.2) is 12.3 Å². The minimum absolute atomic E-state index is 0.0195. The number of aromatic nitrogens is 1. The van der Waals surface area contributed by atoms with Crippen molar-refractivity contribution in [3.05, 3.63) is 23.6 Å². The Kier molecular flexibility index (Phi) is 3.57. The minimum atomic E-state index is -0.228. The standard InChI is InChI=1S/C14H22FN3/c1-9-7-11(9)18-13-12(15)10(5-6-16-13)8-17-14(2,3)4/h5-6,9,11,17H,7-8H2,1-4H3,(H,16,18). The molecule has 1 aliphatic rings. The number of anilines is 1. The van der Waals surface area contributed by atoms with Gasteiger partial charge in [-0.15, -0.1) is 0 Å². The Bertz CT molecular complexity index is 426. The van der Waals surface area contributed by atoms with Crippen LogP contribution in [-0.4, -0.2) is 16.6 Å². The first-order valence-electron chi connectivity index (χ1n) is 6.52. The fourth-order valence-electron chi connectivity index (χ4n) is 1.78. The normalized spacial score (nSPS) is 22.9. The molecule has 0 bridgehead atoms. The number of halogens is 1. The van der Waals surface area contributed by atoms with E-state index in [9.17, 15) is 4.39 Å². The second kappa shape index (κ2) is 4.84. The van der Waals surface area contributed by atoms with Gasteiger partial charge in [0.05, 0.1) is 0 Å². The zero-order valence-electron chi connectivity index (χ0n) is 11.5. The maximum atomic E-state index is 14.2. The molecule has 100 valence electrons. The molecule has 0 aliphatic heterocycles. The van der Waals surface area contributed by atoms with Crippen LogP contribution in [0.2, 0.25) is 0 Å². The summed E-state index contributed by atoms with van der Waals surface area (Å²) in [5.41, 5.74) is 0.643. The van der Waals surface area contributed by atoms with Crippen LogP contribution in [0.3, 0.4) is 0 Å². The molecule has 2 rings (SSSR count). The van der Waals surface area contributed by atoms with E-state index in [0.717, 1.165) is 6.42 Å². The molecule has 0 amide bonds. The van der Waals surface area contributed by atoms with Crippen molar-refractivity contribution in [3.63, 3.8) is 0 Å². The van der Waals surface area contributed by atoms with Crippen LogP contribution in [0.1, 0.15) is 39.7 Å². The number of hydrogen-bond donors (Lipinski definition) is 2. The summed E-state index contributed by atoms with van der Waals surface area (Å²) in [6, 6.07) is 2.12. The van der Waals surface area contributed by atoms with Gasteiger partial charge in [-0.25, -0.2) is 9.37 Å². The molecule has 0 aromatic carbocycles. The van der Waals surface area contributed by atoms with Crippen molar-refractivity contribution in [3.8, 4) is 0 Å². The smallest absolute Gasteiger partial charge is 0.169 e. The molecule has 2 atom stereocenters. The Labute approximate surface area is 108 Å². The lowest BCUT2D eigenvalue weighted by molar-refractivity contribution is 0.418. The molecule has 2 unspecified atom stereocenters. The topological polar surface area (TPSA) is 37.0 Å². The Morgan fingerprint density at radius 2 is 2.11 bits per heavy atom. The first-order valence-corrected chi connectivity index (χ1v) is 6.52. The van der Waals surface area contributed by atoms with Gasteiger partial charge in [0.2, 0.25) is 0 Å². The number of nitrogens with one attached hydrogen (secondary N) is 2. The molecule has 2 N–H and O–H groups in total.